The molecular weight excluding hydrogens is 433 g/mol. The van der Waals surface area contributed by atoms with Crippen molar-refractivity contribution in [1.29, 1.82) is 0 Å². The van der Waals surface area contributed by atoms with Crippen LogP contribution in [0.1, 0.15) is 64.0 Å². The van der Waals surface area contributed by atoms with Gasteiger partial charge in [-0.05, 0) is 25.0 Å². The number of carbonyl (C=O) groups is 1. The first kappa shape index (κ1) is 26.6. The van der Waals surface area contributed by atoms with Gasteiger partial charge >= 0.3 is 6.29 Å². The molecule has 1 atom stereocenters. The van der Waals surface area contributed by atoms with E-state index in [0.717, 1.165) is 0 Å². The number of Topliss-reactive ketones (excluding diaryl/α,β-unsaturated/α-hetero) is 1. The normalized spacial score (nSPS) is 14.0. The standard InChI is InChI=1S/C18H16ClF3N2O3.2C2H6/c1-4-7(2)15(25)14-10(19)12(23)11(20)13(24-14)9-6-5-8(3)16-17(9)27-18(21,22)26-16;2*1-2/h5-7H,4H2,1-3H3,(H2,23,24);2*1-2H3. The zero-order valence-corrected chi connectivity index (χ0v) is 19.5. The average molecular weight is 461 g/mol. The van der Waals surface area contributed by atoms with Gasteiger partial charge in [0.25, 0.3) is 0 Å². The molecule has 31 heavy (non-hydrogen) atoms. The van der Waals surface area contributed by atoms with Gasteiger partial charge < -0.3 is 15.2 Å². The van der Waals surface area contributed by atoms with E-state index in [4.69, 9.17) is 17.3 Å². The Hall–Kier alpha value is -2.48. The number of benzene rings is 1. The van der Waals surface area contributed by atoms with Crippen molar-refractivity contribution in [2.45, 2.75) is 61.2 Å². The highest BCUT2D eigenvalue weighted by atomic mass is 35.5. The lowest BCUT2D eigenvalue weighted by Crippen LogP contribution is -2.26. The SMILES string of the molecule is CC.CC.CCC(C)C(=O)c1nc(-c2ccc(C)c3c2OC(F)(F)O3)c(F)c(N)c1Cl. The lowest BCUT2D eigenvalue weighted by atomic mass is 9.99. The predicted molar refractivity (Wildman–Crippen MR) is 116 cm³/mol. The minimum atomic E-state index is -3.90. The molecule has 0 saturated heterocycles. The monoisotopic (exact) mass is 460 g/mol. The summed E-state index contributed by atoms with van der Waals surface area (Å²) in [6, 6.07) is 2.79. The number of hydrogen-bond donors (Lipinski definition) is 1. The van der Waals surface area contributed by atoms with E-state index in [1.54, 1.807) is 13.8 Å². The number of aromatic nitrogens is 1. The number of ketones is 1. The molecule has 2 N–H and O–H groups in total. The van der Waals surface area contributed by atoms with Crippen molar-refractivity contribution in [3.05, 3.63) is 34.2 Å². The smallest absolute Gasteiger partial charge is 0.395 e. The van der Waals surface area contributed by atoms with Gasteiger partial charge in [-0.1, -0.05) is 59.2 Å². The fourth-order valence-corrected chi connectivity index (χ4v) is 2.87. The molecule has 1 aromatic heterocycles. The van der Waals surface area contributed by atoms with Gasteiger partial charge in [0.2, 0.25) is 0 Å². The molecule has 0 radical (unpaired) electrons. The molecule has 1 aliphatic rings. The minimum Gasteiger partial charge on any atom is -0.395 e. The Morgan fingerprint density at radius 3 is 2.29 bits per heavy atom. The summed E-state index contributed by atoms with van der Waals surface area (Å²) in [5.74, 6) is -2.51. The second-order valence-corrected chi connectivity index (χ2v) is 6.66. The quantitative estimate of drug-likeness (QED) is 0.495. The Balaban J connectivity index is 0.00000113. The molecule has 3 rings (SSSR count). The number of ether oxygens (including phenoxy) is 2. The molecule has 5 nitrogen and oxygen atoms in total. The highest BCUT2D eigenvalue weighted by Gasteiger charge is 2.46. The van der Waals surface area contributed by atoms with Gasteiger partial charge in [0.15, 0.2) is 23.1 Å². The maximum absolute atomic E-state index is 14.8. The van der Waals surface area contributed by atoms with Crippen LogP contribution in [0.2, 0.25) is 5.02 Å². The number of nitrogens with two attached hydrogens (primary N) is 1. The third-order valence-corrected chi connectivity index (χ3v) is 4.79. The second kappa shape index (κ2) is 10.7. The van der Waals surface area contributed by atoms with Crippen LogP contribution >= 0.6 is 11.6 Å². The van der Waals surface area contributed by atoms with Crippen molar-refractivity contribution in [3.63, 3.8) is 0 Å². The molecule has 0 spiro atoms. The van der Waals surface area contributed by atoms with Crippen LogP contribution in [0.4, 0.5) is 18.9 Å². The number of aryl methyl sites for hydroxylation is 1. The molecule has 9 heteroatoms. The van der Waals surface area contributed by atoms with Crippen molar-refractivity contribution in [1.82, 2.24) is 4.98 Å². The Labute approximate surface area is 185 Å². The topological polar surface area (TPSA) is 74.4 Å². The van der Waals surface area contributed by atoms with Gasteiger partial charge in [0, 0.05) is 11.5 Å². The van der Waals surface area contributed by atoms with E-state index in [-0.39, 0.29) is 27.8 Å². The van der Waals surface area contributed by atoms with Crippen LogP contribution in [0.5, 0.6) is 11.5 Å². The number of halogens is 4. The minimum absolute atomic E-state index is 0.119. The van der Waals surface area contributed by atoms with Crippen LogP contribution in [0.15, 0.2) is 12.1 Å². The number of nitrogens with zero attached hydrogens (tertiary/aromatic N) is 1. The summed E-state index contributed by atoms with van der Waals surface area (Å²) in [5, 5.41) is -0.312. The molecule has 2 heterocycles. The van der Waals surface area contributed by atoms with E-state index >= 15 is 0 Å². The van der Waals surface area contributed by atoms with Crippen LogP contribution in [0, 0.1) is 18.7 Å². The maximum atomic E-state index is 14.8. The lowest BCUT2D eigenvalue weighted by Gasteiger charge is -2.14. The van der Waals surface area contributed by atoms with E-state index in [2.05, 4.69) is 14.5 Å². The van der Waals surface area contributed by atoms with E-state index in [0.29, 0.717) is 12.0 Å². The molecule has 0 aliphatic carbocycles. The zero-order chi connectivity index (χ0) is 24.1. The molecule has 0 bridgehead atoms. The van der Waals surface area contributed by atoms with Gasteiger partial charge in [0.1, 0.15) is 11.4 Å². The second-order valence-electron chi connectivity index (χ2n) is 6.28. The van der Waals surface area contributed by atoms with Gasteiger partial charge in [-0.15, -0.1) is 8.78 Å². The van der Waals surface area contributed by atoms with Crippen molar-refractivity contribution in [2.24, 2.45) is 5.92 Å². The van der Waals surface area contributed by atoms with Gasteiger partial charge in [-0.25, -0.2) is 9.37 Å². The number of pyridine rings is 1. The fourth-order valence-electron chi connectivity index (χ4n) is 2.66. The highest BCUT2D eigenvalue weighted by Crippen LogP contribution is 2.49. The summed E-state index contributed by atoms with van der Waals surface area (Å²) >= 11 is 6.02. The Kier molecular flexibility index (Phi) is 9.17. The summed E-state index contributed by atoms with van der Waals surface area (Å²) in [5.41, 5.74) is 4.83. The third-order valence-electron chi connectivity index (χ3n) is 4.41. The van der Waals surface area contributed by atoms with Crippen molar-refractivity contribution in [2.75, 3.05) is 5.73 Å². The molecule has 1 aromatic carbocycles. The van der Waals surface area contributed by atoms with E-state index < -0.39 is 35.2 Å². The molecule has 0 fully saturated rings. The zero-order valence-electron chi connectivity index (χ0n) is 18.7. The number of fused-ring (bicyclic) bond motifs is 1. The summed E-state index contributed by atoms with van der Waals surface area (Å²) in [7, 11) is 0. The molecular formula is C22H28ClF3N2O3. The summed E-state index contributed by atoms with van der Waals surface area (Å²) < 4.78 is 50.9. The van der Waals surface area contributed by atoms with Crippen molar-refractivity contribution >= 4 is 23.1 Å². The number of rotatable bonds is 4. The molecule has 0 saturated carbocycles. The fraction of sp³-hybridized carbons (Fsp3) is 0.455. The van der Waals surface area contributed by atoms with E-state index in [1.165, 1.54) is 19.1 Å². The maximum Gasteiger partial charge on any atom is 0.586 e. The Bertz CT molecular complexity index is 952. The Morgan fingerprint density at radius 2 is 1.74 bits per heavy atom. The van der Waals surface area contributed by atoms with Crippen LogP contribution in [-0.2, 0) is 0 Å². The highest BCUT2D eigenvalue weighted by molar-refractivity contribution is 6.36. The first-order valence-corrected chi connectivity index (χ1v) is 10.5. The molecule has 1 aliphatic heterocycles. The number of anilines is 1. The van der Waals surface area contributed by atoms with E-state index in [1.807, 2.05) is 27.7 Å². The Morgan fingerprint density at radius 1 is 1.19 bits per heavy atom. The van der Waals surface area contributed by atoms with Gasteiger partial charge in [0.05, 0.1) is 10.7 Å². The summed E-state index contributed by atoms with van der Waals surface area (Å²) in [6.45, 7) is 13.0. The van der Waals surface area contributed by atoms with Crippen LogP contribution < -0.4 is 15.2 Å². The number of hydrogen-bond acceptors (Lipinski definition) is 5. The van der Waals surface area contributed by atoms with Gasteiger partial charge in [-0.3, -0.25) is 4.79 Å². The predicted octanol–water partition coefficient (Wildman–Crippen LogP) is 7.03. The first-order chi connectivity index (χ1) is 14.6. The number of nitrogen functional groups attached to an aromatic ring is 1. The molecule has 1 unspecified atom stereocenters. The molecule has 0 amide bonds. The number of alkyl halides is 2. The van der Waals surface area contributed by atoms with Crippen molar-refractivity contribution in [3.8, 4) is 22.8 Å². The largest absolute Gasteiger partial charge is 0.586 e. The summed E-state index contributed by atoms with van der Waals surface area (Å²) in [6.07, 6.45) is -3.39. The van der Waals surface area contributed by atoms with Crippen molar-refractivity contribution < 1.29 is 27.4 Å². The van der Waals surface area contributed by atoms with Crippen LogP contribution in [0.3, 0.4) is 0 Å². The number of carbonyl (C=O) groups excluding carboxylic acids is 1. The van der Waals surface area contributed by atoms with Crippen LogP contribution in [-0.4, -0.2) is 17.1 Å². The third kappa shape index (κ3) is 5.23. The van der Waals surface area contributed by atoms with Crippen LogP contribution in [0.25, 0.3) is 11.3 Å². The van der Waals surface area contributed by atoms with E-state index in [9.17, 15) is 18.0 Å². The molecule has 2 aromatic rings. The first-order valence-electron chi connectivity index (χ1n) is 10.2. The molecule has 172 valence electrons. The lowest BCUT2D eigenvalue weighted by molar-refractivity contribution is -0.286. The average Bonchev–Trinajstić information content (AvgIpc) is 3.11. The summed E-state index contributed by atoms with van der Waals surface area (Å²) in [4.78, 5) is 16.5. The van der Waals surface area contributed by atoms with Gasteiger partial charge in [-0.2, -0.15) is 0 Å².